The molecule has 0 saturated heterocycles. The molecule has 2 heteroatoms. The Morgan fingerprint density at radius 2 is 1.92 bits per heavy atom. The number of ether oxygens (including phenoxy) is 1. The summed E-state index contributed by atoms with van der Waals surface area (Å²) in [6.07, 6.45) is 0. The Labute approximate surface area is 72.8 Å². The Morgan fingerprint density at radius 3 is 2.42 bits per heavy atom. The number of hydrogen-bond donors (Lipinski definition) is 1. The smallest absolute Gasteiger partial charge is 0.122 e. The minimum Gasteiger partial charge on any atom is -0.496 e. The van der Waals surface area contributed by atoms with E-state index in [1.54, 1.807) is 7.11 Å². The molecule has 1 N–H and O–H groups in total. The van der Waals surface area contributed by atoms with Crippen LogP contribution in [0.4, 0.5) is 0 Å². The SMILES string of the molecule is COc1ccc(CO)c(C)c1C. The predicted molar refractivity (Wildman–Crippen MR) is 48.4 cm³/mol. The van der Waals surface area contributed by atoms with Gasteiger partial charge in [-0.15, -0.1) is 0 Å². The van der Waals surface area contributed by atoms with Crippen molar-refractivity contribution in [1.82, 2.24) is 0 Å². The molecule has 0 amide bonds. The molecular weight excluding hydrogens is 152 g/mol. The Hall–Kier alpha value is -1.02. The Bertz CT molecular complexity index is 250. The van der Waals surface area contributed by atoms with Crippen LogP contribution in [-0.4, -0.2) is 12.2 Å². The third-order valence-electron chi connectivity index (χ3n) is 2.24. The van der Waals surface area contributed by atoms with Crippen molar-refractivity contribution in [2.24, 2.45) is 0 Å². The van der Waals surface area contributed by atoms with E-state index in [0.717, 1.165) is 22.4 Å². The molecule has 0 bridgehead atoms. The minimum absolute atomic E-state index is 0.0939. The zero-order valence-electron chi connectivity index (χ0n) is 7.72. The highest BCUT2D eigenvalue weighted by molar-refractivity contribution is 5.43. The van der Waals surface area contributed by atoms with Gasteiger partial charge in [-0.2, -0.15) is 0 Å². The maximum atomic E-state index is 8.97. The lowest BCUT2D eigenvalue weighted by atomic mass is 10.0. The average Bonchev–Trinajstić information content (AvgIpc) is 2.10. The van der Waals surface area contributed by atoms with Crippen molar-refractivity contribution in [2.45, 2.75) is 20.5 Å². The molecular formula is C10H14O2. The lowest BCUT2D eigenvalue weighted by molar-refractivity contribution is 0.280. The second kappa shape index (κ2) is 3.59. The van der Waals surface area contributed by atoms with Gasteiger partial charge < -0.3 is 9.84 Å². The molecule has 12 heavy (non-hydrogen) atoms. The first-order valence-electron chi connectivity index (χ1n) is 3.94. The Balaban J connectivity index is 3.20. The summed E-state index contributed by atoms with van der Waals surface area (Å²) in [7, 11) is 1.65. The molecule has 2 nitrogen and oxygen atoms in total. The van der Waals surface area contributed by atoms with Gasteiger partial charge in [0.1, 0.15) is 5.75 Å². The van der Waals surface area contributed by atoms with Crippen LogP contribution in [0.15, 0.2) is 12.1 Å². The molecule has 0 aliphatic carbocycles. The number of hydrogen-bond acceptors (Lipinski definition) is 2. The zero-order valence-corrected chi connectivity index (χ0v) is 7.72. The van der Waals surface area contributed by atoms with Crippen molar-refractivity contribution in [1.29, 1.82) is 0 Å². The highest BCUT2D eigenvalue weighted by Gasteiger charge is 2.04. The second-order valence-electron chi connectivity index (χ2n) is 2.84. The normalized spacial score (nSPS) is 10.0. The minimum atomic E-state index is 0.0939. The molecule has 0 aliphatic rings. The molecule has 0 aromatic heterocycles. The van der Waals surface area contributed by atoms with E-state index < -0.39 is 0 Å². The first kappa shape index (κ1) is 9.07. The first-order valence-corrected chi connectivity index (χ1v) is 3.94. The summed E-state index contributed by atoms with van der Waals surface area (Å²) in [5.41, 5.74) is 3.18. The van der Waals surface area contributed by atoms with E-state index in [-0.39, 0.29) is 6.61 Å². The molecule has 0 spiro atoms. The standard InChI is InChI=1S/C10H14O2/c1-7-8(2)10(12-3)5-4-9(7)6-11/h4-5,11H,6H2,1-3H3. The van der Waals surface area contributed by atoms with Crippen molar-refractivity contribution in [3.05, 3.63) is 28.8 Å². The molecule has 0 saturated carbocycles. The average molecular weight is 166 g/mol. The summed E-state index contributed by atoms with van der Waals surface area (Å²) >= 11 is 0. The van der Waals surface area contributed by atoms with Gasteiger partial charge in [0, 0.05) is 0 Å². The van der Waals surface area contributed by atoms with Crippen LogP contribution in [0.25, 0.3) is 0 Å². The summed E-state index contributed by atoms with van der Waals surface area (Å²) < 4.78 is 5.14. The Morgan fingerprint density at radius 1 is 1.25 bits per heavy atom. The summed E-state index contributed by atoms with van der Waals surface area (Å²) in [6.45, 7) is 4.08. The van der Waals surface area contributed by atoms with E-state index in [0.29, 0.717) is 0 Å². The molecule has 0 unspecified atom stereocenters. The van der Waals surface area contributed by atoms with Crippen LogP contribution >= 0.6 is 0 Å². The van der Waals surface area contributed by atoms with Gasteiger partial charge in [-0.05, 0) is 36.6 Å². The molecule has 0 radical (unpaired) electrons. The van der Waals surface area contributed by atoms with Crippen LogP contribution in [0.1, 0.15) is 16.7 Å². The van der Waals surface area contributed by atoms with Crippen molar-refractivity contribution in [3.8, 4) is 5.75 Å². The fraction of sp³-hybridized carbons (Fsp3) is 0.400. The molecule has 1 rings (SSSR count). The lowest BCUT2D eigenvalue weighted by Gasteiger charge is -2.10. The predicted octanol–water partition coefficient (Wildman–Crippen LogP) is 1.80. The van der Waals surface area contributed by atoms with E-state index in [4.69, 9.17) is 9.84 Å². The van der Waals surface area contributed by atoms with Crippen molar-refractivity contribution >= 4 is 0 Å². The second-order valence-corrected chi connectivity index (χ2v) is 2.84. The topological polar surface area (TPSA) is 29.5 Å². The van der Waals surface area contributed by atoms with Gasteiger partial charge in [0.15, 0.2) is 0 Å². The van der Waals surface area contributed by atoms with Gasteiger partial charge in [0.05, 0.1) is 13.7 Å². The van der Waals surface area contributed by atoms with Gasteiger partial charge in [-0.3, -0.25) is 0 Å². The van der Waals surface area contributed by atoms with Crippen LogP contribution < -0.4 is 4.74 Å². The number of methoxy groups -OCH3 is 1. The van der Waals surface area contributed by atoms with Gasteiger partial charge in [0.2, 0.25) is 0 Å². The van der Waals surface area contributed by atoms with Crippen LogP contribution in [-0.2, 0) is 6.61 Å². The quantitative estimate of drug-likeness (QED) is 0.726. The van der Waals surface area contributed by atoms with Crippen LogP contribution in [0, 0.1) is 13.8 Å². The highest BCUT2D eigenvalue weighted by Crippen LogP contribution is 2.23. The number of aliphatic hydroxyl groups is 1. The highest BCUT2D eigenvalue weighted by atomic mass is 16.5. The summed E-state index contributed by atoms with van der Waals surface area (Å²) in [4.78, 5) is 0. The largest absolute Gasteiger partial charge is 0.496 e. The number of aliphatic hydroxyl groups excluding tert-OH is 1. The van der Waals surface area contributed by atoms with E-state index >= 15 is 0 Å². The number of benzene rings is 1. The van der Waals surface area contributed by atoms with Gasteiger partial charge in [-0.1, -0.05) is 6.07 Å². The molecule has 0 heterocycles. The maximum Gasteiger partial charge on any atom is 0.122 e. The summed E-state index contributed by atoms with van der Waals surface area (Å²) in [6, 6.07) is 3.77. The summed E-state index contributed by atoms with van der Waals surface area (Å²) in [5, 5.41) is 8.97. The van der Waals surface area contributed by atoms with Crippen LogP contribution in [0.5, 0.6) is 5.75 Å². The van der Waals surface area contributed by atoms with Crippen LogP contribution in [0.3, 0.4) is 0 Å². The monoisotopic (exact) mass is 166 g/mol. The summed E-state index contributed by atoms with van der Waals surface area (Å²) in [5.74, 6) is 0.879. The molecule has 0 atom stereocenters. The van der Waals surface area contributed by atoms with Gasteiger partial charge in [0.25, 0.3) is 0 Å². The lowest BCUT2D eigenvalue weighted by Crippen LogP contribution is -1.95. The van der Waals surface area contributed by atoms with E-state index in [2.05, 4.69) is 0 Å². The molecule has 1 aromatic rings. The maximum absolute atomic E-state index is 8.97. The van der Waals surface area contributed by atoms with E-state index in [1.165, 1.54) is 0 Å². The molecule has 0 aliphatic heterocycles. The third-order valence-corrected chi connectivity index (χ3v) is 2.24. The molecule has 66 valence electrons. The Kier molecular flexibility index (Phi) is 2.71. The first-order chi connectivity index (χ1) is 5.70. The fourth-order valence-corrected chi connectivity index (χ4v) is 1.24. The van der Waals surface area contributed by atoms with Gasteiger partial charge >= 0.3 is 0 Å². The number of rotatable bonds is 2. The van der Waals surface area contributed by atoms with Crippen molar-refractivity contribution in [3.63, 3.8) is 0 Å². The van der Waals surface area contributed by atoms with Gasteiger partial charge in [-0.25, -0.2) is 0 Å². The zero-order chi connectivity index (χ0) is 9.14. The molecule has 0 fully saturated rings. The molecule has 1 aromatic carbocycles. The van der Waals surface area contributed by atoms with Crippen molar-refractivity contribution < 1.29 is 9.84 Å². The third kappa shape index (κ3) is 1.43. The van der Waals surface area contributed by atoms with E-state index in [1.807, 2.05) is 26.0 Å². The fourth-order valence-electron chi connectivity index (χ4n) is 1.24. The van der Waals surface area contributed by atoms with E-state index in [9.17, 15) is 0 Å². The van der Waals surface area contributed by atoms with Crippen molar-refractivity contribution in [2.75, 3.05) is 7.11 Å². The van der Waals surface area contributed by atoms with Crippen LogP contribution in [0.2, 0.25) is 0 Å².